The average molecular weight is 379 g/mol. The number of piperazine rings is 1. The molecule has 0 N–H and O–H groups in total. The summed E-state index contributed by atoms with van der Waals surface area (Å²) in [6.45, 7) is 2.98. The highest BCUT2D eigenvalue weighted by molar-refractivity contribution is 5.74. The number of aryl methyl sites for hydroxylation is 1. The van der Waals surface area contributed by atoms with Crippen LogP contribution in [0.3, 0.4) is 0 Å². The topological polar surface area (TPSA) is 76.1 Å². The van der Waals surface area contributed by atoms with Crippen molar-refractivity contribution in [3.63, 3.8) is 0 Å². The van der Waals surface area contributed by atoms with Crippen LogP contribution in [0.4, 0.5) is 16.2 Å². The first-order chi connectivity index (χ1) is 13.7. The van der Waals surface area contributed by atoms with E-state index < -0.39 is 0 Å². The summed E-state index contributed by atoms with van der Waals surface area (Å²) in [4.78, 5) is 17.8. The van der Waals surface area contributed by atoms with E-state index in [0.717, 1.165) is 43.3 Å². The second kappa shape index (κ2) is 6.59. The Morgan fingerprint density at radius 3 is 2.61 bits per heavy atom. The molecular formula is C19H18FN7O. The minimum Gasteiger partial charge on any atom is -0.423 e. The number of halogens is 1. The quantitative estimate of drug-likeness (QED) is 0.541. The molecule has 1 saturated heterocycles. The SMILES string of the molecule is Cn1cc(-c2cncc(N3CCN(c4nc5ccc(F)cc5o4)CC3)n2)cn1. The molecule has 4 heterocycles. The molecule has 0 atom stereocenters. The van der Waals surface area contributed by atoms with E-state index in [0.29, 0.717) is 17.1 Å². The monoisotopic (exact) mass is 379 g/mol. The van der Waals surface area contributed by atoms with Gasteiger partial charge in [0.15, 0.2) is 5.58 Å². The number of nitrogens with zero attached hydrogens (tertiary/aromatic N) is 7. The van der Waals surface area contributed by atoms with Crippen molar-refractivity contribution in [2.45, 2.75) is 0 Å². The van der Waals surface area contributed by atoms with Crippen molar-refractivity contribution in [2.75, 3.05) is 36.0 Å². The zero-order valence-electron chi connectivity index (χ0n) is 15.3. The highest BCUT2D eigenvalue weighted by atomic mass is 19.1. The molecule has 1 fully saturated rings. The molecule has 1 aliphatic rings. The molecule has 3 aromatic heterocycles. The van der Waals surface area contributed by atoms with Gasteiger partial charge in [0, 0.05) is 51.1 Å². The molecule has 0 saturated carbocycles. The summed E-state index contributed by atoms with van der Waals surface area (Å²) in [6, 6.07) is 4.91. The first-order valence-corrected chi connectivity index (χ1v) is 9.03. The van der Waals surface area contributed by atoms with E-state index in [1.807, 2.05) is 13.2 Å². The van der Waals surface area contributed by atoms with Gasteiger partial charge in [0.05, 0.1) is 24.3 Å². The fraction of sp³-hybridized carbons (Fsp3) is 0.263. The van der Waals surface area contributed by atoms with Crippen LogP contribution in [0.2, 0.25) is 0 Å². The first-order valence-electron chi connectivity index (χ1n) is 9.03. The van der Waals surface area contributed by atoms with Gasteiger partial charge >= 0.3 is 0 Å². The summed E-state index contributed by atoms with van der Waals surface area (Å²) < 4.78 is 20.8. The fourth-order valence-electron chi connectivity index (χ4n) is 3.35. The largest absolute Gasteiger partial charge is 0.423 e. The number of hydrogen-bond acceptors (Lipinski definition) is 7. The molecule has 5 rings (SSSR count). The molecule has 0 aliphatic carbocycles. The van der Waals surface area contributed by atoms with E-state index in [1.54, 1.807) is 29.3 Å². The zero-order valence-corrected chi connectivity index (χ0v) is 15.3. The van der Waals surface area contributed by atoms with Crippen LogP contribution in [0.1, 0.15) is 0 Å². The third-order valence-electron chi connectivity index (χ3n) is 4.84. The lowest BCUT2D eigenvalue weighted by Gasteiger charge is -2.34. The molecule has 28 heavy (non-hydrogen) atoms. The molecule has 0 bridgehead atoms. The maximum absolute atomic E-state index is 13.4. The lowest BCUT2D eigenvalue weighted by molar-refractivity contribution is 0.538. The van der Waals surface area contributed by atoms with Crippen molar-refractivity contribution in [1.29, 1.82) is 0 Å². The summed E-state index contributed by atoms with van der Waals surface area (Å²) in [7, 11) is 1.88. The number of oxazole rings is 1. The highest BCUT2D eigenvalue weighted by Gasteiger charge is 2.22. The molecule has 9 heteroatoms. The Balaban J connectivity index is 1.31. The van der Waals surface area contributed by atoms with Gasteiger partial charge in [-0.05, 0) is 12.1 Å². The number of fused-ring (bicyclic) bond motifs is 1. The third kappa shape index (κ3) is 3.04. The van der Waals surface area contributed by atoms with Gasteiger partial charge in [-0.15, -0.1) is 0 Å². The highest BCUT2D eigenvalue weighted by Crippen LogP contribution is 2.25. The Kier molecular flexibility index (Phi) is 3.92. The van der Waals surface area contributed by atoms with Gasteiger partial charge in [-0.1, -0.05) is 0 Å². The maximum Gasteiger partial charge on any atom is 0.298 e. The van der Waals surface area contributed by atoms with Crippen molar-refractivity contribution in [2.24, 2.45) is 7.05 Å². The van der Waals surface area contributed by atoms with Gasteiger partial charge < -0.3 is 14.2 Å². The van der Waals surface area contributed by atoms with E-state index in [-0.39, 0.29) is 5.82 Å². The Bertz CT molecular complexity index is 1130. The molecule has 0 radical (unpaired) electrons. The van der Waals surface area contributed by atoms with Gasteiger partial charge in [-0.25, -0.2) is 9.37 Å². The minimum absolute atomic E-state index is 0.327. The predicted octanol–water partition coefficient (Wildman–Crippen LogP) is 2.48. The lowest BCUT2D eigenvalue weighted by atomic mass is 10.2. The Morgan fingerprint density at radius 2 is 1.82 bits per heavy atom. The van der Waals surface area contributed by atoms with Gasteiger partial charge in [0.25, 0.3) is 6.01 Å². The first kappa shape index (κ1) is 16.7. The standard InChI is InChI=1S/C19H18FN7O/c1-25-12-13(9-22-25)16-10-21-11-18(23-16)26-4-6-27(7-5-26)19-24-15-3-2-14(20)8-17(15)28-19/h2-3,8-12H,4-7H2,1H3. The maximum atomic E-state index is 13.4. The van der Waals surface area contributed by atoms with Crippen LogP contribution in [0.15, 0.2) is 47.4 Å². The Labute approximate surface area is 160 Å². The molecule has 0 unspecified atom stereocenters. The van der Waals surface area contributed by atoms with Gasteiger partial charge in [0.1, 0.15) is 17.2 Å². The molecule has 8 nitrogen and oxygen atoms in total. The van der Waals surface area contributed by atoms with Crippen molar-refractivity contribution >= 4 is 22.9 Å². The molecule has 1 aromatic carbocycles. The van der Waals surface area contributed by atoms with Crippen LogP contribution < -0.4 is 9.80 Å². The second-order valence-electron chi connectivity index (χ2n) is 6.75. The van der Waals surface area contributed by atoms with Crippen molar-refractivity contribution in [3.05, 3.63) is 48.8 Å². The van der Waals surface area contributed by atoms with Gasteiger partial charge in [0.2, 0.25) is 0 Å². The Morgan fingerprint density at radius 1 is 1.00 bits per heavy atom. The van der Waals surface area contributed by atoms with Crippen LogP contribution in [-0.4, -0.2) is 50.9 Å². The van der Waals surface area contributed by atoms with E-state index in [4.69, 9.17) is 9.40 Å². The van der Waals surface area contributed by atoms with E-state index >= 15 is 0 Å². The molecule has 4 aromatic rings. The molecule has 0 amide bonds. The molecule has 0 spiro atoms. The predicted molar refractivity (Wildman–Crippen MR) is 103 cm³/mol. The van der Waals surface area contributed by atoms with Crippen LogP contribution in [0.5, 0.6) is 0 Å². The summed E-state index contributed by atoms with van der Waals surface area (Å²) in [5.41, 5.74) is 2.87. The van der Waals surface area contributed by atoms with E-state index in [2.05, 4.69) is 24.9 Å². The number of anilines is 2. The second-order valence-corrected chi connectivity index (χ2v) is 6.75. The smallest absolute Gasteiger partial charge is 0.298 e. The summed E-state index contributed by atoms with van der Waals surface area (Å²) in [5, 5.41) is 4.19. The van der Waals surface area contributed by atoms with E-state index in [1.165, 1.54) is 12.1 Å². The van der Waals surface area contributed by atoms with Crippen LogP contribution in [0, 0.1) is 5.82 Å². The van der Waals surface area contributed by atoms with Crippen molar-refractivity contribution in [3.8, 4) is 11.3 Å². The summed E-state index contributed by atoms with van der Waals surface area (Å²) in [5.74, 6) is 0.507. The van der Waals surface area contributed by atoms with E-state index in [9.17, 15) is 4.39 Å². The zero-order chi connectivity index (χ0) is 19.1. The summed E-state index contributed by atoms with van der Waals surface area (Å²) in [6.07, 6.45) is 7.22. The fourth-order valence-corrected chi connectivity index (χ4v) is 3.35. The lowest BCUT2D eigenvalue weighted by Crippen LogP contribution is -2.47. The number of benzene rings is 1. The molecule has 1 aliphatic heterocycles. The van der Waals surface area contributed by atoms with Crippen LogP contribution in [-0.2, 0) is 7.05 Å². The van der Waals surface area contributed by atoms with Crippen molar-refractivity contribution < 1.29 is 8.81 Å². The summed E-state index contributed by atoms with van der Waals surface area (Å²) >= 11 is 0. The number of hydrogen-bond donors (Lipinski definition) is 0. The normalized spacial score (nSPS) is 14.8. The number of aromatic nitrogens is 5. The molecule has 142 valence electrons. The Hall–Kier alpha value is -3.49. The van der Waals surface area contributed by atoms with Gasteiger partial charge in [-0.3, -0.25) is 9.67 Å². The van der Waals surface area contributed by atoms with Crippen LogP contribution >= 0.6 is 0 Å². The minimum atomic E-state index is -0.327. The average Bonchev–Trinajstić information content (AvgIpc) is 3.34. The van der Waals surface area contributed by atoms with Crippen molar-refractivity contribution in [1.82, 2.24) is 24.7 Å². The number of rotatable bonds is 3. The van der Waals surface area contributed by atoms with Gasteiger partial charge in [-0.2, -0.15) is 10.1 Å². The third-order valence-corrected chi connectivity index (χ3v) is 4.84. The van der Waals surface area contributed by atoms with Crippen LogP contribution in [0.25, 0.3) is 22.4 Å². The molecular weight excluding hydrogens is 361 g/mol.